The van der Waals surface area contributed by atoms with Crippen LogP contribution in [0.3, 0.4) is 0 Å². The van der Waals surface area contributed by atoms with Gasteiger partial charge in [0.25, 0.3) is 0 Å². The Morgan fingerprint density at radius 3 is 2.86 bits per heavy atom. The highest BCUT2D eigenvalue weighted by atomic mass is 15.3. The number of benzene rings is 1. The molecule has 2 heterocycles. The summed E-state index contributed by atoms with van der Waals surface area (Å²) in [4.78, 5) is 11.9. The second-order valence-corrected chi connectivity index (χ2v) is 6.23. The summed E-state index contributed by atoms with van der Waals surface area (Å²) < 4.78 is 0. The molecule has 0 radical (unpaired) electrons. The minimum absolute atomic E-state index is 0.682. The zero-order chi connectivity index (χ0) is 14.2. The van der Waals surface area contributed by atoms with Gasteiger partial charge in [-0.05, 0) is 37.3 Å². The van der Waals surface area contributed by atoms with Crippen molar-refractivity contribution in [2.24, 2.45) is 5.92 Å². The lowest BCUT2D eigenvalue weighted by molar-refractivity contribution is 0.341. The molecule has 1 aromatic heterocycles. The van der Waals surface area contributed by atoms with Gasteiger partial charge < -0.3 is 10.2 Å². The topological polar surface area (TPSA) is 41.1 Å². The first-order valence-corrected chi connectivity index (χ1v) is 8.08. The minimum atomic E-state index is 0.682. The van der Waals surface area contributed by atoms with E-state index in [1.54, 1.807) is 0 Å². The van der Waals surface area contributed by atoms with E-state index in [-0.39, 0.29) is 0 Å². The first-order chi connectivity index (χ1) is 10.4. The lowest BCUT2D eigenvalue weighted by atomic mass is 9.85. The normalized spacial score (nSPS) is 25.1. The highest BCUT2D eigenvalue weighted by Gasteiger charge is 2.37. The number of anilines is 2. The maximum atomic E-state index is 4.80. The number of para-hydroxylation sites is 1. The Balaban J connectivity index is 1.81. The average Bonchev–Trinajstić information content (AvgIpc) is 2.97. The molecule has 4 nitrogen and oxygen atoms in total. The van der Waals surface area contributed by atoms with Crippen LogP contribution in [0.2, 0.25) is 0 Å². The van der Waals surface area contributed by atoms with E-state index in [2.05, 4.69) is 33.4 Å². The van der Waals surface area contributed by atoms with Crippen LogP contribution < -0.4 is 10.2 Å². The van der Waals surface area contributed by atoms with Crippen LogP contribution in [0.1, 0.15) is 32.1 Å². The summed E-state index contributed by atoms with van der Waals surface area (Å²) in [6.07, 6.45) is 6.79. The van der Waals surface area contributed by atoms with Crippen LogP contribution in [0.25, 0.3) is 10.9 Å². The molecule has 0 spiro atoms. The van der Waals surface area contributed by atoms with E-state index in [1.165, 1.54) is 37.5 Å². The SMILES string of the molecule is CNc1nc(N2CCC3CCCCC32)c2ccccc2n1. The van der Waals surface area contributed by atoms with Crippen molar-refractivity contribution < 1.29 is 0 Å². The van der Waals surface area contributed by atoms with Crippen molar-refractivity contribution in [3.63, 3.8) is 0 Å². The maximum Gasteiger partial charge on any atom is 0.224 e. The molecular formula is C17H22N4. The number of nitrogens with one attached hydrogen (secondary N) is 1. The Labute approximate surface area is 125 Å². The summed E-state index contributed by atoms with van der Waals surface area (Å²) in [5.41, 5.74) is 1.03. The van der Waals surface area contributed by atoms with Crippen molar-refractivity contribution in [1.82, 2.24) is 9.97 Å². The van der Waals surface area contributed by atoms with Crippen LogP contribution in [0.4, 0.5) is 11.8 Å². The third-order valence-electron chi connectivity index (χ3n) is 5.09. The summed E-state index contributed by atoms with van der Waals surface area (Å²) in [6, 6.07) is 9.05. The summed E-state index contributed by atoms with van der Waals surface area (Å²) >= 11 is 0. The molecule has 1 aliphatic carbocycles. The molecule has 1 N–H and O–H groups in total. The lowest BCUT2D eigenvalue weighted by Crippen LogP contribution is -2.35. The Kier molecular flexibility index (Phi) is 3.17. The molecule has 1 aliphatic heterocycles. The fraction of sp³-hybridized carbons (Fsp3) is 0.529. The van der Waals surface area contributed by atoms with E-state index in [0.717, 1.165) is 29.7 Å². The predicted molar refractivity (Wildman–Crippen MR) is 86.8 cm³/mol. The van der Waals surface area contributed by atoms with Gasteiger partial charge in [0.15, 0.2) is 0 Å². The molecule has 110 valence electrons. The van der Waals surface area contributed by atoms with Gasteiger partial charge in [-0.25, -0.2) is 4.98 Å². The largest absolute Gasteiger partial charge is 0.357 e. The molecule has 4 heteroatoms. The monoisotopic (exact) mass is 282 g/mol. The van der Waals surface area contributed by atoms with Crippen molar-refractivity contribution in [3.05, 3.63) is 24.3 Å². The van der Waals surface area contributed by atoms with Gasteiger partial charge in [-0.3, -0.25) is 0 Å². The van der Waals surface area contributed by atoms with Crippen LogP contribution >= 0.6 is 0 Å². The van der Waals surface area contributed by atoms with E-state index < -0.39 is 0 Å². The highest BCUT2D eigenvalue weighted by Crippen LogP contribution is 2.40. The van der Waals surface area contributed by atoms with Gasteiger partial charge >= 0.3 is 0 Å². The fourth-order valence-electron chi connectivity index (χ4n) is 4.06. The van der Waals surface area contributed by atoms with Crippen molar-refractivity contribution in [2.75, 3.05) is 23.8 Å². The number of hydrogen-bond donors (Lipinski definition) is 1. The molecule has 2 aromatic rings. The molecule has 1 saturated carbocycles. The quantitative estimate of drug-likeness (QED) is 0.916. The van der Waals surface area contributed by atoms with Gasteiger partial charge in [-0.2, -0.15) is 4.98 Å². The smallest absolute Gasteiger partial charge is 0.224 e. The molecule has 1 saturated heterocycles. The van der Waals surface area contributed by atoms with Crippen LogP contribution in [0, 0.1) is 5.92 Å². The molecule has 1 aromatic carbocycles. The molecule has 2 aliphatic rings. The summed E-state index contributed by atoms with van der Waals surface area (Å²) in [7, 11) is 1.89. The third-order valence-corrected chi connectivity index (χ3v) is 5.09. The van der Waals surface area contributed by atoms with Gasteiger partial charge in [-0.15, -0.1) is 0 Å². The third kappa shape index (κ3) is 2.13. The zero-order valence-corrected chi connectivity index (χ0v) is 12.5. The number of nitrogens with zero attached hydrogens (tertiary/aromatic N) is 3. The van der Waals surface area contributed by atoms with E-state index in [4.69, 9.17) is 4.98 Å². The van der Waals surface area contributed by atoms with Gasteiger partial charge in [0.2, 0.25) is 5.95 Å². The summed E-state index contributed by atoms with van der Waals surface area (Å²) in [6.45, 7) is 1.14. The van der Waals surface area contributed by atoms with Gasteiger partial charge in [0.05, 0.1) is 5.52 Å². The Morgan fingerprint density at radius 2 is 1.95 bits per heavy atom. The standard InChI is InChI=1S/C17H22N4/c1-18-17-19-14-8-4-3-7-13(14)16(20-17)21-11-10-12-6-2-5-9-15(12)21/h3-4,7-8,12,15H,2,5-6,9-11H2,1H3,(H,18,19,20). The molecule has 4 rings (SSSR count). The average molecular weight is 282 g/mol. The van der Waals surface area contributed by atoms with Crippen molar-refractivity contribution >= 4 is 22.7 Å². The van der Waals surface area contributed by atoms with E-state index in [9.17, 15) is 0 Å². The fourth-order valence-corrected chi connectivity index (χ4v) is 4.06. The van der Waals surface area contributed by atoms with Crippen LogP contribution in [0.5, 0.6) is 0 Å². The van der Waals surface area contributed by atoms with Gasteiger partial charge in [-0.1, -0.05) is 25.0 Å². The maximum absolute atomic E-state index is 4.80. The van der Waals surface area contributed by atoms with Crippen molar-refractivity contribution in [1.29, 1.82) is 0 Å². The van der Waals surface area contributed by atoms with E-state index in [1.807, 2.05) is 13.1 Å². The molecule has 2 unspecified atom stereocenters. The number of rotatable bonds is 2. The first kappa shape index (κ1) is 12.9. The molecule has 0 amide bonds. The van der Waals surface area contributed by atoms with Crippen LogP contribution in [-0.4, -0.2) is 29.6 Å². The van der Waals surface area contributed by atoms with E-state index in [0.29, 0.717) is 6.04 Å². The minimum Gasteiger partial charge on any atom is -0.357 e. The second-order valence-electron chi connectivity index (χ2n) is 6.23. The predicted octanol–water partition coefficient (Wildman–Crippen LogP) is 3.44. The zero-order valence-electron chi connectivity index (χ0n) is 12.5. The Hall–Kier alpha value is -1.84. The molecule has 2 fully saturated rings. The van der Waals surface area contributed by atoms with Gasteiger partial charge in [0.1, 0.15) is 5.82 Å². The Morgan fingerprint density at radius 1 is 1.10 bits per heavy atom. The Bertz CT molecular complexity index is 654. The van der Waals surface area contributed by atoms with Crippen LogP contribution in [-0.2, 0) is 0 Å². The number of aromatic nitrogens is 2. The molecular weight excluding hydrogens is 260 g/mol. The molecule has 21 heavy (non-hydrogen) atoms. The number of fused-ring (bicyclic) bond motifs is 2. The second kappa shape index (κ2) is 5.17. The summed E-state index contributed by atoms with van der Waals surface area (Å²) in [5, 5.41) is 4.29. The van der Waals surface area contributed by atoms with Crippen molar-refractivity contribution in [2.45, 2.75) is 38.1 Å². The summed E-state index contributed by atoms with van der Waals surface area (Å²) in [5.74, 6) is 2.72. The van der Waals surface area contributed by atoms with Crippen LogP contribution in [0.15, 0.2) is 24.3 Å². The molecule has 0 bridgehead atoms. The molecule has 2 atom stereocenters. The highest BCUT2D eigenvalue weighted by molar-refractivity contribution is 5.90. The van der Waals surface area contributed by atoms with Gasteiger partial charge in [0, 0.05) is 25.0 Å². The first-order valence-electron chi connectivity index (χ1n) is 8.08. The number of hydrogen-bond acceptors (Lipinski definition) is 4. The van der Waals surface area contributed by atoms with Crippen molar-refractivity contribution in [3.8, 4) is 0 Å². The lowest BCUT2D eigenvalue weighted by Gasteiger charge is -2.33. The van der Waals surface area contributed by atoms with E-state index >= 15 is 0 Å².